The molecule has 0 bridgehead atoms. The summed E-state index contributed by atoms with van der Waals surface area (Å²) in [5.74, 6) is 1.14. The summed E-state index contributed by atoms with van der Waals surface area (Å²) in [5, 5.41) is 7.12. The molecule has 1 aromatic heterocycles. The fraction of sp³-hybridized carbons (Fsp3) is 0.667. The molecule has 1 atom stereocenters. The number of aromatic nitrogens is 2. The van der Waals surface area contributed by atoms with Crippen LogP contribution in [0.3, 0.4) is 0 Å². The van der Waals surface area contributed by atoms with Gasteiger partial charge in [0.25, 0.3) is 0 Å². The number of rotatable bonds is 3. The normalized spacial score (nSPS) is 21.4. The summed E-state index contributed by atoms with van der Waals surface area (Å²) >= 11 is 0. The maximum Gasteiger partial charge on any atom is 0.234 e. The van der Waals surface area contributed by atoms with E-state index in [2.05, 4.69) is 15.5 Å². The lowest BCUT2D eigenvalue weighted by Gasteiger charge is -2.01. The van der Waals surface area contributed by atoms with Crippen molar-refractivity contribution >= 4 is 5.78 Å². The number of hydrogen-bond acceptors (Lipinski definition) is 5. The van der Waals surface area contributed by atoms with Crippen LogP contribution in [0.4, 0.5) is 0 Å². The van der Waals surface area contributed by atoms with Crippen molar-refractivity contribution in [3.63, 3.8) is 0 Å². The molecule has 1 fully saturated rings. The van der Waals surface area contributed by atoms with Crippen LogP contribution in [-0.2, 0) is 11.2 Å². The SMILES string of the molecule is CC(=O)Cc1nc(C2CCCN2)no1. The lowest BCUT2D eigenvalue weighted by molar-refractivity contribution is -0.116. The maximum atomic E-state index is 10.8. The molecule has 0 saturated carbocycles. The second-order valence-corrected chi connectivity index (χ2v) is 3.57. The minimum absolute atomic E-state index is 0.0413. The van der Waals surface area contributed by atoms with Crippen LogP contribution in [0.25, 0.3) is 0 Å². The standard InChI is InChI=1S/C9H13N3O2/c1-6(13)5-8-11-9(12-14-8)7-3-2-4-10-7/h7,10H,2-5H2,1H3. The first kappa shape index (κ1) is 9.33. The summed E-state index contributed by atoms with van der Waals surface area (Å²) in [5.41, 5.74) is 0. The summed E-state index contributed by atoms with van der Waals surface area (Å²) < 4.78 is 4.97. The van der Waals surface area contributed by atoms with Gasteiger partial charge < -0.3 is 9.84 Å². The number of ketones is 1. The van der Waals surface area contributed by atoms with Gasteiger partial charge in [0, 0.05) is 0 Å². The van der Waals surface area contributed by atoms with E-state index in [0.717, 1.165) is 19.4 Å². The molecule has 76 valence electrons. The molecule has 0 aliphatic carbocycles. The summed E-state index contributed by atoms with van der Waals surface area (Å²) in [7, 11) is 0. The number of carbonyl (C=O) groups is 1. The lowest BCUT2D eigenvalue weighted by atomic mass is 10.2. The maximum absolute atomic E-state index is 10.8. The van der Waals surface area contributed by atoms with E-state index >= 15 is 0 Å². The van der Waals surface area contributed by atoms with Crippen molar-refractivity contribution in [2.45, 2.75) is 32.2 Å². The Bertz CT molecular complexity index is 329. The minimum atomic E-state index is 0.0413. The smallest absolute Gasteiger partial charge is 0.234 e. The first-order valence-electron chi connectivity index (χ1n) is 4.81. The van der Waals surface area contributed by atoms with Gasteiger partial charge in [-0.2, -0.15) is 4.98 Å². The van der Waals surface area contributed by atoms with Gasteiger partial charge >= 0.3 is 0 Å². The molecule has 2 rings (SSSR count). The zero-order chi connectivity index (χ0) is 9.97. The molecule has 5 heteroatoms. The van der Waals surface area contributed by atoms with Crippen molar-refractivity contribution in [2.75, 3.05) is 6.54 Å². The molecule has 1 N–H and O–H groups in total. The molecule has 1 unspecified atom stereocenters. The van der Waals surface area contributed by atoms with E-state index in [-0.39, 0.29) is 18.2 Å². The molecule has 14 heavy (non-hydrogen) atoms. The van der Waals surface area contributed by atoms with Gasteiger partial charge in [-0.05, 0) is 26.3 Å². The first-order chi connectivity index (χ1) is 6.75. The van der Waals surface area contributed by atoms with Crippen molar-refractivity contribution in [1.82, 2.24) is 15.5 Å². The van der Waals surface area contributed by atoms with Crippen molar-refractivity contribution < 1.29 is 9.32 Å². The van der Waals surface area contributed by atoms with Crippen LogP contribution in [0.1, 0.15) is 37.5 Å². The Balaban J connectivity index is 2.05. The second kappa shape index (κ2) is 3.88. The van der Waals surface area contributed by atoms with E-state index in [1.54, 1.807) is 0 Å². The van der Waals surface area contributed by atoms with Crippen LogP contribution in [0.5, 0.6) is 0 Å². The molecule has 1 aliphatic rings. The van der Waals surface area contributed by atoms with E-state index in [4.69, 9.17) is 4.52 Å². The summed E-state index contributed by atoms with van der Waals surface area (Å²) in [6.07, 6.45) is 2.42. The van der Waals surface area contributed by atoms with Gasteiger partial charge in [0.2, 0.25) is 5.89 Å². The van der Waals surface area contributed by atoms with E-state index in [1.807, 2.05) is 0 Å². The number of hydrogen-bond donors (Lipinski definition) is 1. The molecule has 1 saturated heterocycles. The van der Waals surface area contributed by atoms with Crippen LogP contribution in [0, 0.1) is 0 Å². The Morgan fingerprint density at radius 3 is 3.21 bits per heavy atom. The van der Waals surface area contributed by atoms with Crippen LogP contribution < -0.4 is 5.32 Å². The highest BCUT2D eigenvalue weighted by Crippen LogP contribution is 2.20. The van der Waals surface area contributed by atoms with Gasteiger partial charge in [0.1, 0.15) is 5.78 Å². The van der Waals surface area contributed by atoms with Crippen molar-refractivity contribution in [1.29, 1.82) is 0 Å². The summed E-state index contributed by atoms with van der Waals surface area (Å²) in [4.78, 5) is 15.0. The Labute approximate surface area is 81.9 Å². The molecular weight excluding hydrogens is 182 g/mol. The topological polar surface area (TPSA) is 68.0 Å². The predicted octanol–water partition coefficient (Wildman–Crippen LogP) is 0.626. The van der Waals surface area contributed by atoms with Crippen LogP contribution in [-0.4, -0.2) is 22.5 Å². The number of nitrogens with one attached hydrogen (secondary N) is 1. The highest BCUT2D eigenvalue weighted by molar-refractivity contribution is 5.77. The van der Waals surface area contributed by atoms with Crippen molar-refractivity contribution in [3.8, 4) is 0 Å². The van der Waals surface area contributed by atoms with E-state index < -0.39 is 0 Å². The van der Waals surface area contributed by atoms with Crippen molar-refractivity contribution in [2.24, 2.45) is 0 Å². The third-order valence-electron chi connectivity index (χ3n) is 2.26. The molecule has 1 aliphatic heterocycles. The Morgan fingerprint density at radius 2 is 2.57 bits per heavy atom. The molecule has 2 heterocycles. The largest absolute Gasteiger partial charge is 0.339 e. The zero-order valence-corrected chi connectivity index (χ0v) is 8.12. The first-order valence-corrected chi connectivity index (χ1v) is 4.81. The summed E-state index contributed by atoms with van der Waals surface area (Å²) in [6, 6.07) is 0.208. The monoisotopic (exact) mass is 195 g/mol. The van der Waals surface area contributed by atoms with Crippen LogP contribution in [0.2, 0.25) is 0 Å². The highest BCUT2D eigenvalue weighted by Gasteiger charge is 2.21. The van der Waals surface area contributed by atoms with Crippen molar-refractivity contribution in [3.05, 3.63) is 11.7 Å². The Kier molecular flexibility index (Phi) is 2.58. The molecule has 1 aromatic rings. The van der Waals surface area contributed by atoms with Crippen LogP contribution in [0.15, 0.2) is 4.52 Å². The third kappa shape index (κ3) is 1.98. The Hall–Kier alpha value is -1.23. The number of carbonyl (C=O) groups excluding carboxylic acids is 1. The quantitative estimate of drug-likeness (QED) is 0.766. The fourth-order valence-corrected chi connectivity index (χ4v) is 1.60. The average Bonchev–Trinajstić information content (AvgIpc) is 2.69. The lowest BCUT2D eigenvalue weighted by Crippen LogP contribution is -2.14. The molecule has 0 spiro atoms. The van der Waals surface area contributed by atoms with Gasteiger partial charge in [-0.3, -0.25) is 4.79 Å². The average molecular weight is 195 g/mol. The van der Waals surface area contributed by atoms with Gasteiger partial charge in [0.05, 0.1) is 12.5 Å². The predicted molar refractivity (Wildman–Crippen MR) is 48.7 cm³/mol. The van der Waals surface area contributed by atoms with Crippen LogP contribution >= 0.6 is 0 Å². The molecule has 0 amide bonds. The molecular formula is C9H13N3O2. The van der Waals surface area contributed by atoms with Gasteiger partial charge in [-0.15, -0.1) is 0 Å². The highest BCUT2D eigenvalue weighted by atomic mass is 16.5. The van der Waals surface area contributed by atoms with Gasteiger partial charge in [-0.1, -0.05) is 5.16 Å². The number of Topliss-reactive ketones (excluding diaryl/α,β-unsaturated/α-hetero) is 1. The van der Waals surface area contributed by atoms with E-state index in [9.17, 15) is 4.79 Å². The van der Waals surface area contributed by atoms with Gasteiger partial charge in [-0.25, -0.2) is 0 Å². The summed E-state index contributed by atoms with van der Waals surface area (Å²) in [6.45, 7) is 2.51. The fourth-order valence-electron chi connectivity index (χ4n) is 1.60. The van der Waals surface area contributed by atoms with Gasteiger partial charge in [0.15, 0.2) is 5.82 Å². The second-order valence-electron chi connectivity index (χ2n) is 3.57. The third-order valence-corrected chi connectivity index (χ3v) is 2.26. The minimum Gasteiger partial charge on any atom is -0.339 e. The zero-order valence-electron chi connectivity index (χ0n) is 8.12. The molecule has 5 nitrogen and oxygen atoms in total. The number of nitrogens with zero attached hydrogens (tertiary/aromatic N) is 2. The molecule has 0 aromatic carbocycles. The van der Waals surface area contributed by atoms with E-state index in [0.29, 0.717) is 11.7 Å². The molecule has 0 radical (unpaired) electrons. The van der Waals surface area contributed by atoms with E-state index in [1.165, 1.54) is 6.92 Å². The Morgan fingerprint density at radius 1 is 1.71 bits per heavy atom.